The first-order valence-corrected chi connectivity index (χ1v) is 15.7. The standard InChI is InChI=1S/C33H39N3O7S/c1-5-7-18-42-26-17-12-22(19-27(26)40-4)20-34-36-30(37)21(3)43-24-15-13-23(14-16-24)31(38)35-32-29(33(39)41-6-2)25-10-8-9-11-28(25)44-32/h12-17,19-21H,5-11,18H2,1-4H3,(H,35,38)(H,36,37). The Labute approximate surface area is 261 Å². The van der Waals surface area contributed by atoms with Gasteiger partial charge in [-0.2, -0.15) is 5.10 Å². The van der Waals surface area contributed by atoms with Crippen LogP contribution in [0.4, 0.5) is 5.00 Å². The molecule has 11 heteroatoms. The van der Waals surface area contributed by atoms with Crippen LogP contribution in [0.1, 0.15) is 83.2 Å². The number of esters is 1. The lowest BCUT2D eigenvalue weighted by Gasteiger charge is -2.13. The molecule has 10 nitrogen and oxygen atoms in total. The third kappa shape index (κ3) is 8.37. The van der Waals surface area contributed by atoms with Gasteiger partial charge in [-0.15, -0.1) is 11.3 Å². The van der Waals surface area contributed by atoms with E-state index in [-0.39, 0.29) is 12.5 Å². The molecule has 0 aliphatic heterocycles. The van der Waals surface area contributed by atoms with Crippen molar-refractivity contribution in [3.05, 3.63) is 69.6 Å². The Kier molecular flexibility index (Phi) is 11.8. The summed E-state index contributed by atoms with van der Waals surface area (Å²) in [5.74, 6) is 0.446. The second-order valence-corrected chi connectivity index (χ2v) is 11.3. The maximum Gasteiger partial charge on any atom is 0.341 e. The summed E-state index contributed by atoms with van der Waals surface area (Å²) < 4.78 is 22.2. The molecule has 2 aromatic carbocycles. The SMILES string of the molecule is CCCCOc1ccc(C=NNC(=O)C(C)Oc2ccc(C(=O)Nc3sc4c(c3C(=O)OCC)CCCC4)cc2)cc1OC. The number of hydrazone groups is 1. The van der Waals surface area contributed by atoms with Crippen LogP contribution in [0.25, 0.3) is 0 Å². The highest BCUT2D eigenvalue weighted by Gasteiger charge is 2.27. The van der Waals surface area contributed by atoms with Crippen LogP contribution in [0.15, 0.2) is 47.6 Å². The number of methoxy groups -OCH3 is 1. The number of carbonyl (C=O) groups excluding carboxylic acids is 3. The van der Waals surface area contributed by atoms with Gasteiger partial charge in [0.15, 0.2) is 17.6 Å². The summed E-state index contributed by atoms with van der Waals surface area (Å²) in [5.41, 5.74) is 5.05. The molecule has 1 unspecified atom stereocenters. The molecule has 2 amide bonds. The predicted molar refractivity (Wildman–Crippen MR) is 171 cm³/mol. The van der Waals surface area contributed by atoms with Crippen LogP contribution in [0.3, 0.4) is 0 Å². The number of benzene rings is 2. The van der Waals surface area contributed by atoms with Crippen molar-refractivity contribution in [2.45, 2.75) is 65.4 Å². The minimum absolute atomic E-state index is 0.263. The molecule has 1 heterocycles. The van der Waals surface area contributed by atoms with E-state index in [1.807, 2.05) is 6.07 Å². The third-order valence-corrected chi connectivity index (χ3v) is 8.22. The summed E-state index contributed by atoms with van der Waals surface area (Å²) in [6, 6.07) is 11.8. The number of hydrogen-bond acceptors (Lipinski definition) is 9. The lowest BCUT2D eigenvalue weighted by atomic mass is 9.95. The Hall–Kier alpha value is -4.38. The first kappa shape index (κ1) is 32.5. The van der Waals surface area contributed by atoms with Crippen molar-refractivity contribution in [1.82, 2.24) is 5.43 Å². The highest BCUT2D eigenvalue weighted by molar-refractivity contribution is 7.17. The normalized spacial score (nSPS) is 13.1. The molecule has 3 aromatic rings. The smallest absolute Gasteiger partial charge is 0.341 e. The van der Waals surface area contributed by atoms with Crippen LogP contribution in [0, 0.1) is 0 Å². The zero-order valence-corrected chi connectivity index (χ0v) is 26.4. The fourth-order valence-electron chi connectivity index (χ4n) is 4.66. The zero-order valence-electron chi connectivity index (χ0n) is 25.6. The van der Waals surface area contributed by atoms with Crippen molar-refractivity contribution in [2.24, 2.45) is 5.10 Å². The van der Waals surface area contributed by atoms with E-state index in [0.717, 1.165) is 54.5 Å². The van der Waals surface area contributed by atoms with Gasteiger partial charge < -0.3 is 24.3 Å². The van der Waals surface area contributed by atoms with Crippen LogP contribution in [-0.2, 0) is 22.4 Å². The Morgan fingerprint density at radius 3 is 2.55 bits per heavy atom. The molecule has 0 saturated heterocycles. The van der Waals surface area contributed by atoms with E-state index in [9.17, 15) is 14.4 Å². The highest BCUT2D eigenvalue weighted by atomic mass is 32.1. The van der Waals surface area contributed by atoms with Gasteiger partial charge in [0, 0.05) is 10.4 Å². The molecular weight excluding hydrogens is 582 g/mol. The molecule has 1 atom stereocenters. The number of aryl methyl sites for hydroxylation is 1. The summed E-state index contributed by atoms with van der Waals surface area (Å²) in [6.45, 7) is 6.34. The maximum absolute atomic E-state index is 13.1. The number of amides is 2. The average molecular weight is 622 g/mol. The van der Waals surface area contributed by atoms with Gasteiger partial charge in [-0.05, 0) is 99.5 Å². The summed E-state index contributed by atoms with van der Waals surface area (Å²) in [5, 5.41) is 7.45. The van der Waals surface area contributed by atoms with E-state index >= 15 is 0 Å². The topological polar surface area (TPSA) is 125 Å². The molecule has 0 radical (unpaired) electrons. The summed E-state index contributed by atoms with van der Waals surface area (Å²) in [6.07, 6.45) is 6.41. The van der Waals surface area contributed by atoms with Crippen molar-refractivity contribution in [2.75, 3.05) is 25.6 Å². The van der Waals surface area contributed by atoms with Gasteiger partial charge in [-0.25, -0.2) is 10.2 Å². The molecule has 1 aliphatic rings. The van der Waals surface area contributed by atoms with Crippen LogP contribution in [0.2, 0.25) is 0 Å². The van der Waals surface area contributed by atoms with E-state index in [0.29, 0.717) is 40.0 Å². The van der Waals surface area contributed by atoms with Gasteiger partial charge in [0.25, 0.3) is 11.8 Å². The monoisotopic (exact) mass is 621 g/mol. The Balaban J connectivity index is 1.32. The summed E-state index contributed by atoms with van der Waals surface area (Å²) >= 11 is 1.44. The number of hydrogen-bond donors (Lipinski definition) is 2. The molecule has 4 rings (SSSR count). The molecule has 0 bridgehead atoms. The molecule has 0 fully saturated rings. The quantitative estimate of drug-likeness (QED) is 0.0956. The molecule has 234 valence electrons. The average Bonchev–Trinajstić information content (AvgIpc) is 3.39. The Morgan fingerprint density at radius 1 is 1.05 bits per heavy atom. The predicted octanol–water partition coefficient (Wildman–Crippen LogP) is 6.16. The highest BCUT2D eigenvalue weighted by Crippen LogP contribution is 2.39. The zero-order chi connectivity index (χ0) is 31.5. The number of anilines is 1. The van der Waals surface area contributed by atoms with E-state index in [2.05, 4.69) is 22.8 Å². The Morgan fingerprint density at radius 2 is 1.82 bits per heavy atom. The Bertz CT molecular complexity index is 1480. The van der Waals surface area contributed by atoms with Crippen molar-refractivity contribution < 1.29 is 33.3 Å². The third-order valence-electron chi connectivity index (χ3n) is 7.01. The van der Waals surface area contributed by atoms with Crippen molar-refractivity contribution in [1.29, 1.82) is 0 Å². The molecule has 2 N–H and O–H groups in total. The summed E-state index contributed by atoms with van der Waals surface area (Å²) in [4.78, 5) is 39.5. The largest absolute Gasteiger partial charge is 0.493 e. The van der Waals surface area contributed by atoms with E-state index in [1.54, 1.807) is 57.4 Å². The van der Waals surface area contributed by atoms with Crippen LogP contribution < -0.4 is 25.0 Å². The van der Waals surface area contributed by atoms with E-state index < -0.39 is 18.0 Å². The number of ether oxygens (including phenoxy) is 4. The number of rotatable bonds is 14. The van der Waals surface area contributed by atoms with E-state index in [4.69, 9.17) is 18.9 Å². The van der Waals surface area contributed by atoms with Crippen molar-refractivity contribution in [3.63, 3.8) is 0 Å². The lowest BCUT2D eigenvalue weighted by Crippen LogP contribution is -2.33. The molecular formula is C33H39N3O7S. The van der Waals surface area contributed by atoms with Crippen LogP contribution >= 0.6 is 11.3 Å². The summed E-state index contributed by atoms with van der Waals surface area (Å²) in [7, 11) is 1.57. The number of thiophene rings is 1. The molecule has 1 aromatic heterocycles. The van der Waals surface area contributed by atoms with Crippen LogP contribution in [0.5, 0.6) is 17.2 Å². The van der Waals surface area contributed by atoms with Gasteiger partial charge in [0.05, 0.1) is 32.1 Å². The number of nitrogens with zero attached hydrogens (tertiary/aromatic N) is 1. The minimum Gasteiger partial charge on any atom is -0.493 e. The minimum atomic E-state index is -0.847. The number of unbranched alkanes of at least 4 members (excludes halogenated alkanes) is 1. The lowest BCUT2D eigenvalue weighted by molar-refractivity contribution is -0.127. The fraction of sp³-hybridized carbons (Fsp3) is 0.394. The first-order valence-electron chi connectivity index (χ1n) is 14.9. The second-order valence-electron chi connectivity index (χ2n) is 10.2. The molecule has 0 spiro atoms. The molecule has 1 aliphatic carbocycles. The van der Waals surface area contributed by atoms with Gasteiger partial charge >= 0.3 is 5.97 Å². The van der Waals surface area contributed by atoms with Crippen molar-refractivity contribution in [3.8, 4) is 17.2 Å². The molecule has 44 heavy (non-hydrogen) atoms. The second kappa shape index (κ2) is 15.9. The first-order chi connectivity index (χ1) is 21.3. The van der Waals surface area contributed by atoms with Crippen LogP contribution in [-0.4, -0.2) is 50.4 Å². The fourth-order valence-corrected chi connectivity index (χ4v) is 5.93. The maximum atomic E-state index is 13.1. The van der Waals surface area contributed by atoms with Gasteiger partial charge in [-0.1, -0.05) is 13.3 Å². The van der Waals surface area contributed by atoms with Gasteiger partial charge in [0.1, 0.15) is 10.8 Å². The molecule has 0 saturated carbocycles. The van der Waals surface area contributed by atoms with Crippen molar-refractivity contribution >= 4 is 40.3 Å². The number of nitrogens with one attached hydrogen (secondary N) is 2. The number of fused-ring (bicyclic) bond motifs is 1. The van der Waals surface area contributed by atoms with Gasteiger partial charge in [-0.3, -0.25) is 9.59 Å². The number of carbonyl (C=O) groups is 3. The van der Waals surface area contributed by atoms with E-state index in [1.165, 1.54) is 17.6 Å². The van der Waals surface area contributed by atoms with Gasteiger partial charge in [0.2, 0.25) is 0 Å².